The molecule has 0 unspecified atom stereocenters. The van der Waals surface area contributed by atoms with Crippen molar-refractivity contribution in [2.24, 2.45) is 0 Å². The predicted molar refractivity (Wildman–Crippen MR) is 70.7 cm³/mol. The first-order chi connectivity index (χ1) is 9.45. The molecule has 0 aliphatic rings. The molecule has 2 rings (SSSR count). The van der Waals surface area contributed by atoms with Crippen molar-refractivity contribution in [3.05, 3.63) is 41.4 Å². The number of thiazole rings is 1. The van der Waals surface area contributed by atoms with Crippen LogP contribution in [0.15, 0.2) is 35.8 Å². The van der Waals surface area contributed by atoms with Crippen LogP contribution in [0.2, 0.25) is 0 Å². The smallest absolute Gasteiger partial charge is 0.352 e. The third-order valence-electron chi connectivity index (χ3n) is 2.33. The van der Waals surface area contributed by atoms with Gasteiger partial charge in [0, 0.05) is 17.3 Å². The van der Waals surface area contributed by atoms with Gasteiger partial charge >= 0.3 is 6.18 Å². The van der Waals surface area contributed by atoms with Crippen LogP contribution in [0.3, 0.4) is 0 Å². The Bertz CT molecular complexity index is 567. The molecule has 0 spiro atoms. The Labute approximate surface area is 116 Å². The van der Waals surface area contributed by atoms with Crippen LogP contribution in [-0.2, 0) is 11.0 Å². The second-order valence-electron chi connectivity index (χ2n) is 3.81. The van der Waals surface area contributed by atoms with Gasteiger partial charge in [-0.25, -0.2) is 4.98 Å². The molecular weight excluding hydrogens is 291 g/mol. The fraction of sp³-hybridized carbons (Fsp3) is 0.167. The van der Waals surface area contributed by atoms with Gasteiger partial charge in [0.15, 0.2) is 5.13 Å². The number of hydrogen-bond acceptors (Lipinski definition) is 4. The van der Waals surface area contributed by atoms with Crippen molar-refractivity contribution in [2.45, 2.75) is 6.18 Å². The minimum absolute atomic E-state index is 0.00542. The van der Waals surface area contributed by atoms with Crippen LogP contribution in [-0.4, -0.2) is 17.4 Å². The summed E-state index contributed by atoms with van der Waals surface area (Å²) in [5, 5.41) is 7.65. The van der Waals surface area contributed by atoms with Gasteiger partial charge in [-0.3, -0.25) is 4.79 Å². The zero-order valence-electron chi connectivity index (χ0n) is 10.1. The molecule has 0 saturated heterocycles. The Balaban J connectivity index is 1.88. The molecule has 1 amide bonds. The first kappa shape index (κ1) is 14.3. The molecular formula is C12H10F3N3OS. The Morgan fingerprint density at radius 3 is 2.50 bits per heavy atom. The van der Waals surface area contributed by atoms with Crippen LogP contribution in [0, 0.1) is 0 Å². The van der Waals surface area contributed by atoms with Crippen molar-refractivity contribution < 1.29 is 18.0 Å². The van der Waals surface area contributed by atoms with E-state index in [-0.39, 0.29) is 12.5 Å². The first-order valence-corrected chi connectivity index (χ1v) is 6.43. The maximum absolute atomic E-state index is 12.4. The van der Waals surface area contributed by atoms with Crippen molar-refractivity contribution in [1.29, 1.82) is 0 Å². The van der Waals surface area contributed by atoms with Gasteiger partial charge in [0.2, 0.25) is 5.91 Å². The zero-order valence-corrected chi connectivity index (χ0v) is 10.9. The lowest BCUT2D eigenvalue weighted by Crippen LogP contribution is -2.21. The van der Waals surface area contributed by atoms with E-state index in [4.69, 9.17) is 0 Å². The summed E-state index contributed by atoms with van der Waals surface area (Å²) in [5.41, 5.74) is -0.444. The molecule has 1 aromatic carbocycles. The maximum Gasteiger partial charge on any atom is 0.416 e. The van der Waals surface area contributed by atoms with E-state index in [2.05, 4.69) is 15.6 Å². The third-order valence-corrected chi connectivity index (χ3v) is 3.06. The van der Waals surface area contributed by atoms with Gasteiger partial charge < -0.3 is 10.6 Å². The molecule has 106 valence electrons. The standard InChI is InChI=1S/C12H10F3N3OS/c13-12(14,15)8-1-3-9(4-2-8)18-10(19)7-17-11-16-5-6-20-11/h1-6H,7H2,(H,16,17)(H,18,19). The molecule has 0 radical (unpaired) electrons. The minimum Gasteiger partial charge on any atom is -0.352 e. The highest BCUT2D eigenvalue weighted by Gasteiger charge is 2.29. The topological polar surface area (TPSA) is 54.0 Å². The Kier molecular flexibility index (Phi) is 4.23. The van der Waals surface area contributed by atoms with E-state index in [9.17, 15) is 18.0 Å². The number of nitrogens with one attached hydrogen (secondary N) is 2. The van der Waals surface area contributed by atoms with E-state index in [0.717, 1.165) is 12.1 Å². The van der Waals surface area contributed by atoms with Crippen LogP contribution in [0.1, 0.15) is 5.56 Å². The molecule has 0 aliphatic carbocycles. The van der Waals surface area contributed by atoms with Crippen LogP contribution in [0.5, 0.6) is 0 Å². The molecule has 2 aromatic rings. The number of nitrogens with zero attached hydrogens (tertiary/aromatic N) is 1. The van der Waals surface area contributed by atoms with Crippen LogP contribution >= 0.6 is 11.3 Å². The number of carbonyl (C=O) groups is 1. The number of benzene rings is 1. The SMILES string of the molecule is O=C(CNc1nccs1)Nc1ccc(C(F)(F)F)cc1. The van der Waals surface area contributed by atoms with E-state index in [1.807, 2.05) is 0 Å². The lowest BCUT2D eigenvalue weighted by molar-refractivity contribution is -0.137. The number of alkyl halides is 3. The first-order valence-electron chi connectivity index (χ1n) is 5.55. The van der Waals surface area contributed by atoms with Gasteiger partial charge in [-0.1, -0.05) is 0 Å². The monoisotopic (exact) mass is 301 g/mol. The number of carbonyl (C=O) groups excluding carboxylic acids is 1. The number of hydrogen-bond donors (Lipinski definition) is 2. The Morgan fingerprint density at radius 2 is 1.95 bits per heavy atom. The third kappa shape index (κ3) is 3.95. The van der Waals surface area contributed by atoms with E-state index >= 15 is 0 Å². The maximum atomic E-state index is 12.4. The number of rotatable bonds is 4. The Hall–Kier alpha value is -2.09. The molecule has 20 heavy (non-hydrogen) atoms. The van der Waals surface area contributed by atoms with Gasteiger partial charge in [-0.05, 0) is 24.3 Å². The van der Waals surface area contributed by atoms with Crippen molar-refractivity contribution in [3.63, 3.8) is 0 Å². The second kappa shape index (κ2) is 5.91. The fourth-order valence-corrected chi connectivity index (χ4v) is 1.94. The van der Waals surface area contributed by atoms with E-state index in [1.54, 1.807) is 11.6 Å². The van der Waals surface area contributed by atoms with E-state index in [1.165, 1.54) is 23.5 Å². The predicted octanol–water partition coefficient (Wildman–Crippen LogP) is 3.21. The quantitative estimate of drug-likeness (QED) is 0.911. The highest BCUT2D eigenvalue weighted by molar-refractivity contribution is 7.13. The summed E-state index contributed by atoms with van der Waals surface area (Å²) in [7, 11) is 0. The zero-order chi connectivity index (χ0) is 14.6. The molecule has 0 bridgehead atoms. The molecule has 0 aliphatic heterocycles. The number of aromatic nitrogens is 1. The number of anilines is 2. The summed E-state index contributed by atoms with van der Waals surface area (Å²) in [5.74, 6) is -0.361. The molecule has 2 N–H and O–H groups in total. The summed E-state index contributed by atoms with van der Waals surface area (Å²) in [6, 6.07) is 4.27. The largest absolute Gasteiger partial charge is 0.416 e. The molecule has 0 saturated carbocycles. The number of halogens is 3. The van der Waals surface area contributed by atoms with E-state index < -0.39 is 11.7 Å². The van der Waals surface area contributed by atoms with Crippen LogP contribution in [0.4, 0.5) is 24.0 Å². The fourth-order valence-electron chi connectivity index (χ4n) is 1.41. The van der Waals surface area contributed by atoms with E-state index in [0.29, 0.717) is 10.8 Å². The average Bonchev–Trinajstić information content (AvgIpc) is 2.89. The highest BCUT2D eigenvalue weighted by atomic mass is 32.1. The average molecular weight is 301 g/mol. The van der Waals surface area contributed by atoms with Gasteiger partial charge in [-0.2, -0.15) is 13.2 Å². The Morgan fingerprint density at radius 1 is 1.25 bits per heavy atom. The number of amides is 1. The summed E-state index contributed by atoms with van der Waals surface area (Å²) in [4.78, 5) is 15.5. The molecule has 1 heterocycles. The molecule has 0 fully saturated rings. The van der Waals surface area contributed by atoms with Crippen molar-refractivity contribution in [1.82, 2.24) is 4.98 Å². The summed E-state index contributed by atoms with van der Waals surface area (Å²) < 4.78 is 37.1. The normalized spacial score (nSPS) is 11.2. The van der Waals surface area contributed by atoms with Crippen molar-refractivity contribution in [2.75, 3.05) is 17.2 Å². The lowest BCUT2D eigenvalue weighted by Gasteiger charge is -2.09. The van der Waals surface area contributed by atoms with Gasteiger partial charge in [0.05, 0.1) is 12.1 Å². The summed E-state index contributed by atoms with van der Waals surface area (Å²) in [6.45, 7) is -0.00542. The van der Waals surface area contributed by atoms with Crippen molar-refractivity contribution in [3.8, 4) is 0 Å². The summed E-state index contributed by atoms with van der Waals surface area (Å²) in [6.07, 6.45) is -2.78. The minimum atomic E-state index is -4.38. The summed E-state index contributed by atoms with van der Waals surface area (Å²) >= 11 is 1.35. The molecule has 4 nitrogen and oxygen atoms in total. The highest BCUT2D eigenvalue weighted by Crippen LogP contribution is 2.29. The molecule has 1 aromatic heterocycles. The van der Waals surface area contributed by atoms with Gasteiger partial charge in [0.1, 0.15) is 0 Å². The van der Waals surface area contributed by atoms with Gasteiger partial charge in [0.25, 0.3) is 0 Å². The van der Waals surface area contributed by atoms with Crippen molar-refractivity contribution >= 4 is 28.1 Å². The van der Waals surface area contributed by atoms with Crippen LogP contribution in [0.25, 0.3) is 0 Å². The lowest BCUT2D eigenvalue weighted by atomic mass is 10.2. The van der Waals surface area contributed by atoms with Crippen LogP contribution < -0.4 is 10.6 Å². The van der Waals surface area contributed by atoms with Gasteiger partial charge in [-0.15, -0.1) is 11.3 Å². The molecule has 8 heteroatoms. The molecule has 0 atom stereocenters. The second-order valence-corrected chi connectivity index (χ2v) is 4.71.